The van der Waals surface area contributed by atoms with Crippen molar-refractivity contribution in [2.45, 2.75) is 13.0 Å². The van der Waals surface area contributed by atoms with E-state index in [2.05, 4.69) is 10.6 Å². The fraction of sp³-hybridized carbons (Fsp3) is 0.167. The van der Waals surface area contributed by atoms with Crippen molar-refractivity contribution >= 4 is 11.8 Å². The molecule has 1 unspecified atom stereocenters. The summed E-state index contributed by atoms with van der Waals surface area (Å²) in [5.41, 5.74) is 1.46. The highest BCUT2D eigenvalue weighted by Gasteiger charge is 2.25. The molecule has 1 aliphatic rings. The molecule has 1 aromatic carbocycles. The standard InChI is InChI=1S/C12H12N2O2/c1-8(15)10-7-13-12(16)14-11(10)9-5-3-2-4-6-9/h2-7,11H,1H3,(H2,13,14,16). The number of ketones is 1. The Balaban J connectivity index is 2.38. The van der Waals surface area contributed by atoms with Gasteiger partial charge in [-0.1, -0.05) is 30.3 Å². The monoisotopic (exact) mass is 216 g/mol. The van der Waals surface area contributed by atoms with Gasteiger partial charge in [-0.2, -0.15) is 0 Å². The number of carbonyl (C=O) groups is 2. The van der Waals surface area contributed by atoms with Crippen LogP contribution in [0.3, 0.4) is 0 Å². The number of hydrogen-bond acceptors (Lipinski definition) is 2. The first-order valence-corrected chi connectivity index (χ1v) is 5.01. The van der Waals surface area contributed by atoms with Crippen LogP contribution in [0.25, 0.3) is 0 Å². The van der Waals surface area contributed by atoms with Gasteiger partial charge in [-0.25, -0.2) is 4.79 Å². The maximum Gasteiger partial charge on any atom is 0.319 e. The summed E-state index contributed by atoms with van der Waals surface area (Å²) in [7, 11) is 0. The first-order chi connectivity index (χ1) is 7.68. The number of Topliss-reactive ketones (excluding diaryl/α,β-unsaturated/α-hetero) is 1. The van der Waals surface area contributed by atoms with Gasteiger partial charge in [0.2, 0.25) is 0 Å². The Labute approximate surface area is 93.3 Å². The zero-order valence-electron chi connectivity index (χ0n) is 8.86. The molecule has 1 aromatic rings. The van der Waals surface area contributed by atoms with Crippen LogP contribution >= 0.6 is 0 Å². The number of amides is 2. The van der Waals surface area contributed by atoms with Crippen molar-refractivity contribution in [3.8, 4) is 0 Å². The smallest absolute Gasteiger partial charge is 0.319 e. The number of hydrogen-bond donors (Lipinski definition) is 2. The highest BCUT2D eigenvalue weighted by molar-refractivity contribution is 5.97. The Morgan fingerprint density at radius 3 is 2.56 bits per heavy atom. The van der Waals surface area contributed by atoms with E-state index in [-0.39, 0.29) is 17.9 Å². The zero-order valence-corrected chi connectivity index (χ0v) is 8.86. The maximum atomic E-state index is 11.4. The minimum atomic E-state index is -0.354. The molecule has 1 atom stereocenters. The van der Waals surface area contributed by atoms with Gasteiger partial charge in [0.25, 0.3) is 0 Å². The summed E-state index contributed by atoms with van der Waals surface area (Å²) in [4.78, 5) is 22.7. The molecule has 82 valence electrons. The molecule has 0 aliphatic carbocycles. The van der Waals surface area contributed by atoms with E-state index in [0.29, 0.717) is 5.57 Å². The van der Waals surface area contributed by atoms with Crippen LogP contribution in [0.5, 0.6) is 0 Å². The van der Waals surface area contributed by atoms with Crippen molar-refractivity contribution in [2.24, 2.45) is 0 Å². The number of nitrogens with one attached hydrogen (secondary N) is 2. The van der Waals surface area contributed by atoms with E-state index in [0.717, 1.165) is 5.56 Å². The molecule has 2 rings (SSSR count). The summed E-state index contributed by atoms with van der Waals surface area (Å²) < 4.78 is 0. The number of rotatable bonds is 2. The van der Waals surface area contributed by atoms with Gasteiger partial charge in [0.1, 0.15) is 0 Å². The maximum absolute atomic E-state index is 11.4. The fourth-order valence-corrected chi connectivity index (χ4v) is 1.69. The number of benzene rings is 1. The van der Waals surface area contributed by atoms with E-state index in [1.165, 1.54) is 13.1 Å². The lowest BCUT2D eigenvalue weighted by molar-refractivity contribution is -0.114. The van der Waals surface area contributed by atoms with Crippen molar-refractivity contribution in [1.29, 1.82) is 0 Å². The van der Waals surface area contributed by atoms with Crippen LogP contribution in [0, 0.1) is 0 Å². The minimum Gasteiger partial charge on any atom is -0.327 e. The molecule has 1 aliphatic heterocycles. The molecule has 4 heteroatoms. The van der Waals surface area contributed by atoms with E-state index in [1.807, 2.05) is 30.3 Å². The Hall–Kier alpha value is -2.10. The molecule has 0 fully saturated rings. The normalized spacial score (nSPS) is 19.4. The average molecular weight is 216 g/mol. The van der Waals surface area contributed by atoms with Crippen LogP contribution in [-0.2, 0) is 4.79 Å². The molecule has 0 spiro atoms. The molecule has 0 radical (unpaired) electrons. The summed E-state index contributed by atoms with van der Waals surface area (Å²) in [6.07, 6.45) is 1.47. The van der Waals surface area contributed by atoms with E-state index in [9.17, 15) is 9.59 Å². The van der Waals surface area contributed by atoms with Crippen LogP contribution in [0.4, 0.5) is 4.79 Å². The third kappa shape index (κ3) is 1.95. The molecule has 2 amide bonds. The zero-order chi connectivity index (χ0) is 11.5. The van der Waals surface area contributed by atoms with Crippen molar-refractivity contribution in [3.05, 3.63) is 47.7 Å². The van der Waals surface area contributed by atoms with Crippen LogP contribution in [0.15, 0.2) is 42.1 Å². The number of carbonyl (C=O) groups excluding carboxylic acids is 2. The third-order valence-electron chi connectivity index (χ3n) is 2.48. The molecule has 0 saturated carbocycles. The molecule has 2 N–H and O–H groups in total. The molecule has 16 heavy (non-hydrogen) atoms. The van der Waals surface area contributed by atoms with Gasteiger partial charge in [-0.05, 0) is 12.5 Å². The SMILES string of the molecule is CC(=O)C1=CNC(=O)NC1c1ccccc1. The van der Waals surface area contributed by atoms with Gasteiger partial charge in [0, 0.05) is 11.8 Å². The van der Waals surface area contributed by atoms with Gasteiger partial charge in [-0.3, -0.25) is 4.79 Å². The predicted octanol–water partition coefficient (Wildman–Crippen LogP) is 1.51. The Kier molecular flexibility index (Phi) is 2.72. The third-order valence-corrected chi connectivity index (χ3v) is 2.48. The summed E-state index contributed by atoms with van der Waals surface area (Å²) in [6, 6.07) is 8.76. The largest absolute Gasteiger partial charge is 0.327 e. The minimum absolute atomic E-state index is 0.0543. The van der Waals surface area contributed by atoms with Gasteiger partial charge in [0.05, 0.1) is 6.04 Å². The highest BCUT2D eigenvalue weighted by Crippen LogP contribution is 2.23. The first-order valence-electron chi connectivity index (χ1n) is 5.01. The summed E-state index contributed by atoms with van der Waals surface area (Å²) >= 11 is 0. The highest BCUT2D eigenvalue weighted by atomic mass is 16.2. The summed E-state index contributed by atoms with van der Waals surface area (Å²) in [5, 5.41) is 5.21. The molecule has 0 saturated heterocycles. The molecule has 4 nitrogen and oxygen atoms in total. The molecule has 0 bridgehead atoms. The van der Waals surface area contributed by atoms with Crippen molar-refractivity contribution in [2.75, 3.05) is 0 Å². The second-order valence-corrected chi connectivity index (χ2v) is 3.62. The van der Waals surface area contributed by atoms with E-state index in [1.54, 1.807) is 0 Å². The lowest BCUT2D eigenvalue weighted by atomic mass is 9.96. The second-order valence-electron chi connectivity index (χ2n) is 3.62. The summed E-state index contributed by atoms with van der Waals surface area (Å²) in [6.45, 7) is 1.49. The average Bonchev–Trinajstić information content (AvgIpc) is 2.29. The summed E-state index contributed by atoms with van der Waals surface area (Å²) in [5.74, 6) is -0.0543. The van der Waals surface area contributed by atoms with Gasteiger partial charge < -0.3 is 10.6 Å². The van der Waals surface area contributed by atoms with E-state index in [4.69, 9.17) is 0 Å². The van der Waals surface area contributed by atoms with E-state index < -0.39 is 0 Å². The predicted molar refractivity (Wildman–Crippen MR) is 59.6 cm³/mol. The van der Waals surface area contributed by atoms with Crippen LogP contribution in [0.2, 0.25) is 0 Å². The second kappa shape index (κ2) is 4.18. The number of urea groups is 1. The van der Waals surface area contributed by atoms with Crippen LogP contribution in [0.1, 0.15) is 18.5 Å². The Bertz CT molecular complexity index is 451. The molecular weight excluding hydrogens is 204 g/mol. The van der Waals surface area contributed by atoms with Gasteiger partial charge >= 0.3 is 6.03 Å². The Morgan fingerprint density at radius 1 is 1.25 bits per heavy atom. The van der Waals surface area contributed by atoms with Crippen molar-refractivity contribution in [1.82, 2.24) is 10.6 Å². The lowest BCUT2D eigenvalue weighted by Crippen LogP contribution is -2.42. The van der Waals surface area contributed by atoms with Gasteiger partial charge in [-0.15, -0.1) is 0 Å². The van der Waals surface area contributed by atoms with Gasteiger partial charge in [0.15, 0.2) is 5.78 Å². The van der Waals surface area contributed by atoms with Crippen molar-refractivity contribution in [3.63, 3.8) is 0 Å². The Morgan fingerprint density at radius 2 is 1.94 bits per heavy atom. The van der Waals surface area contributed by atoms with Crippen LogP contribution < -0.4 is 10.6 Å². The quantitative estimate of drug-likeness (QED) is 0.787. The molecule has 0 aromatic heterocycles. The fourth-order valence-electron chi connectivity index (χ4n) is 1.69. The lowest BCUT2D eigenvalue weighted by Gasteiger charge is -2.24. The van der Waals surface area contributed by atoms with Crippen LogP contribution in [-0.4, -0.2) is 11.8 Å². The molecule has 1 heterocycles. The first kappa shape index (κ1) is 10.4. The molecular formula is C12H12N2O2. The van der Waals surface area contributed by atoms with E-state index >= 15 is 0 Å². The topological polar surface area (TPSA) is 58.2 Å². The van der Waals surface area contributed by atoms with Crippen molar-refractivity contribution < 1.29 is 9.59 Å².